The van der Waals surface area contributed by atoms with Crippen molar-refractivity contribution in [3.63, 3.8) is 0 Å². The number of nitro groups is 1. The van der Waals surface area contributed by atoms with E-state index in [1.54, 1.807) is 12.1 Å². The second-order valence-electron chi connectivity index (χ2n) is 5.52. The topological polar surface area (TPSA) is 60.2 Å². The van der Waals surface area contributed by atoms with Crippen LogP contribution in [0, 0.1) is 10.1 Å². The van der Waals surface area contributed by atoms with Crippen molar-refractivity contribution in [1.82, 2.24) is 0 Å². The van der Waals surface area contributed by atoms with Crippen LogP contribution in [0.25, 0.3) is 0 Å². The van der Waals surface area contributed by atoms with Crippen LogP contribution in [0.2, 0.25) is 0 Å². The second-order valence-corrected chi connectivity index (χ2v) is 5.52. The van der Waals surface area contributed by atoms with Crippen molar-refractivity contribution < 1.29 is 9.72 Å². The van der Waals surface area contributed by atoms with Crippen LogP contribution in [-0.2, 0) is 10.3 Å². The summed E-state index contributed by atoms with van der Waals surface area (Å²) in [7, 11) is 0. The van der Waals surface area contributed by atoms with Gasteiger partial charge in [-0.05, 0) is 24.3 Å². The summed E-state index contributed by atoms with van der Waals surface area (Å²) in [6.07, 6.45) is 2.13. The van der Waals surface area contributed by atoms with Gasteiger partial charge in [0.2, 0.25) is 5.78 Å². The molecule has 1 aromatic carbocycles. The summed E-state index contributed by atoms with van der Waals surface area (Å²) in [4.78, 5) is 23.2. The molecule has 0 amide bonds. The van der Waals surface area contributed by atoms with E-state index >= 15 is 0 Å². The van der Waals surface area contributed by atoms with Gasteiger partial charge in [-0.3, -0.25) is 14.9 Å². The Labute approximate surface area is 113 Å². The molecule has 0 aliphatic heterocycles. The molecule has 0 aromatic heterocycles. The molecule has 1 aliphatic rings. The molecule has 1 unspecified atom stereocenters. The highest BCUT2D eigenvalue weighted by Crippen LogP contribution is 2.37. The van der Waals surface area contributed by atoms with E-state index in [9.17, 15) is 14.9 Å². The Kier molecular flexibility index (Phi) is 3.69. The quantitative estimate of drug-likeness (QED) is 0.618. The van der Waals surface area contributed by atoms with Crippen LogP contribution >= 0.6 is 0 Å². The number of hydrogen-bond donors (Lipinski definition) is 0. The van der Waals surface area contributed by atoms with Crippen LogP contribution < -0.4 is 0 Å². The standard InChI is InChI=1S/C15H19NO3/c1-11(2)12-6-8-13(9-7-12)15(16(18)19)10-4-3-5-14(15)17/h6-9,11H,3-5,10H2,1-2H3. The first-order valence-electron chi connectivity index (χ1n) is 6.76. The molecule has 4 heteroatoms. The SMILES string of the molecule is CC(C)c1ccc(C2([N+](=O)[O-])CCCCC2=O)cc1. The van der Waals surface area contributed by atoms with Crippen molar-refractivity contribution in [1.29, 1.82) is 0 Å². The van der Waals surface area contributed by atoms with Crippen LogP contribution in [0.5, 0.6) is 0 Å². The van der Waals surface area contributed by atoms with Crippen LogP contribution in [-0.4, -0.2) is 10.7 Å². The van der Waals surface area contributed by atoms with E-state index in [1.165, 1.54) is 0 Å². The molecule has 1 aliphatic carbocycles. The van der Waals surface area contributed by atoms with Gasteiger partial charge in [0.25, 0.3) is 0 Å². The summed E-state index contributed by atoms with van der Waals surface area (Å²) < 4.78 is 0. The normalized spacial score (nSPS) is 23.6. The van der Waals surface area contributed by atoms with Crippen molar-refractivity contribution in [3.8, 4) is 0 Å². The summed E-state index contributed by atoms with van der Waals surface area (Å²) in [6.45, 7) is 4.15. The van der Waals surface area contributed by atoms with Gasteiger partial charge in [0.1, 0.15) is 0 Å². The summed E-state index contributed by atoms with van der Waals surface area (Å²) in [5.41, 5.74) is 0.158. The van der Waals surface area contributed by atoms with Gasteiger partial charge in [-0.15, -0.1) is 0 Å². The Balaban J connectivity index is 2.44. The molecule has 0 spiro atoms. The minimum atomic E-state index is -1.51. The maximum absolute atomic E-state index is 12.1. The zero-order valence-corrected chi connectivity index (χ0v) is 11.4. The highest BCUT2D eigenvalue weighted by molar-refractivity contribution is 5.89. The van der Waals surface area contributed by atoms with Gasteiger partial charge in [-0.25, -0.2) is 0 Å². The monoisotopic (exact) mass is 261 g/mol. The molecule has 1 fully saturated rings. The third-order valence-corrected chi connectivity index (χ3v) is 4.02. The number of nitrogens with zero attached hydrogens (tertiary/aromatic N) is 1. The number of benzene rings is 1. The molecule has 102 valence electrons. The molecule has 1 saturated carbocycles. The van der Waals surface area contributed by atoms with Crippen LogP contribution in [0.3, 0.4) is 0 Å². The molecule has 2 rings (SSSR count). The number of rotatable bonds is 3. The molecule has 19 heavy (non-hydrogen) atoms. The summed E-state index contributed by atoms with van der Waals surface area (Å²) >= 11 is 0. The molecule has 4 nitrogen and oxygen atoms in total. The maximum Gasteiger partial charge on any atom is 0.304 e. The van der Waals surface area contributed by atoms with E-state index in [0.717, 1.165) is 18.4 Å². The maximum atomic E-state index is 12.1. The molecule has 0 radical (unpaired) electrons. The lowest BCUT2D eigenvalue weighted by Gasteiger charge is -2.28. The molecule has 0 N–H and O–H groups in total. The molecule has 1 aromatic rings. The van der Waals surface area contributed by atoms with Crippen LogP contribution in [0.15, 0.2) is 24.3 Å². The van der Waals surface area contributed by atoms with Crippen molar-refractivity contribution >= 4 is 5.78 Å². The Morgan fingerprint density at radius 1 is 1.21 bits per heavy atom. The predicted molar refractivity (Wildman–Crippen MR) is 72.7 cm³/mol. The van der Waals surface area contributed by atoms with Crippen LogP contribution in [0.1, 0.15) is 56.6 Å². The van der Waals surface area contributed by atoms with Crippen molar-refractivity contribution in [2.75, 3.05) is 0 Å². The van der Waals surface area contributed by atoms with E-state index in [4.69, 9.17) is 0 Å². The summed E-state index contributed by atoms with van der Waals surface area (Å²) in [5.74, 6) is 0.128. The minimum Gasteiger partial charge on any atom is -0.291 e. The smallest absolute Gasteiger partial charge is 0.291 e. The van der Waals surface area contributed by atoms with Gasteiger partial charge >= 0.3 is 5.54 Å². The number of carbonyl (C=O) groups is 1. The number of hydrogen-bond acceptors (Lipinski definition) is 3. The zero-order chi connectivity index (χ0) is 14.0. The van der Waals surface area contributed by atoms with Crippen molar-refractivity contribution in [3.05, 3.63) is 45.5 Å². The van der Waals surface area contributed by atoms with Crippen molar-refractivity contribution in [2.45, 2.75) is 51.0 Å². The van der Waals surface area contributed by atoms with Gasteiger partial charge in [0, 0.05) is 23.3 Å². The largest absolute Gasteiger partial charge is 0.304 e. The number of ketones is 1. The van der Waals surface area contributed by atoms with Gasteiger partial charge in [0.05, 0.1) is 0 Å². The van der Waals surface area contributed by atoms with E-state index in [-0.39, 0.29) is 5.78 Å². The lowest BCUT2D eigenvalue weighted by Crippen LogP contribution is -2.45. The van der Waals surface area contributed by atoms with Crippen molar-refractivity contribution in [2.24, 2.45) is 0 Å². The Hall–Kier alpha value is -1.71. The Morgan fingerprint density at radius 3 is 2.32 bits per heavy atom. The fourth-order valence-electron chi connectivity index (χ4n) is 2.76. The van der Waals surface area contributed by atoms with Crippen LogP contribution in [0.4, 0.5) is 0 Å². The van der Waals surface area contributed by atoms with Gasteiger partial charge in [0.15, 0.2) is 0 Å². The second kappa shape index (κ2) is 5.11. The highest BCUT2D eigenvalue weighted by atomic mass is 16.6. The first-order valence-corrected chi connectivity index (χ1v) is 6.76. The summed E-state index contributed by atoms with van der Waals surface area (Å²) in [6, 6.07) is 7.29. The molecular formula is C15H19NO3. The van der Waals surface area contributed by atoms with Gasteiger partial charge < -0.3 is 0 Å². The average molecular weight is 261 g/mol. The first kappa shape index (κ1) is 13.7. The van der Waals surface area contributed by atoms with E-state index in [0.29, 0.717) is 24.3 Å². The number of carbonyl (C=O) groups excluding carboxylic acids is 1. The Bertz CT molecular complexity index is 493. The fraction of sp³-hybridized carbons (Fsp3) is 0.533. The van der Waals surface area contributed by atoms with Gasteiger partial charge in [-0.1, -0.05) is 38.1 Å². The fourth-order valence-corrected chi connectivity index (χ4v) is 2.76. The van der Waals surface area contributed by atoms with E-state index < -0.39 is 10.5 Å². The first-order chi connectivity index (χ1) is 8.98. The third kappa shape index (κ3) is 2.27. The molecular weight excluding hydrogens is 242 g/mol. The Morgan fingerprint density at radius 2 is 1.84 bits per heavy atom. The van der Waals surface area contributed by atoms with E-state index in [2.05, 4.69) is 13.8 Å². The molecule has 1 atom stereocenters. The zero-order valence-electron chi connectivity index (χ0n) is 11.4. The molecule has 0 saturated heterocycles. The number of Topliss-reactive ketones (excluding diaryl/α,β-unsaturated/α-hetero) is 1. The lowest BCUT2D eigenvalue weighted by atomic mass is 9.75. The molecule has 0 heterocycles. The molecule has 0 bridgehead atoms. The third-order valence-electron chi connectivity index (χ3n) is 4.02. The average Bonchev–Trinajstić information content (AvgIpc) is 2.39. The van der Waals surface area contributed by atoms with Gasteiger partial charge in [-0.2, -0.15) is 0 Å². The minimum absolute atomic E-state index is 0.249. The lowest BCUT2D eigenvalue weighted by molar-refractivity contribution is -0.563. The summed E-state index contributed by atoms with van der Waals surface area (Å²) in [5, 5.41) is 11.5. The predicted octanol–water partition coefficient (Wildman–Crippen LogP) is 3.43. The van der Waals surface area contributed by atoms with E-state index in [1.807, 2.05) is 12.1 Å². The highest BCUT2D eigenvalue weighted by Gasteiger charge is 2.52.